The summed E-state index contributed by atoms with van der Waals surface area (Å²) in [5.74, 6) is 0. The van der Waals surface area contributed by atoms with Crippen LogP contribution >= 0.6 is 0 Å². The van der Waals surface area contributed by atoms with Gasteiger partial charge in [-0.1, -0.05) is 109 Å². The summed E-state index contributed by atoms with van der Waals surface area (Å²) in [4.78, 5) is 4.96. The van der Waals surface area contributed by atoms with Crippen LogP contribution in [0.3, 0.4) is 0 Å². The number of furan rings is 2. The van der Waals surface area contributed by atoms with Gasteiger partial charge in [0.25, 0.3) is 0 Å². The molecule has 0 amide bonds. The van der Waals surface area contributed by atoms with E-state index in [1.54, 1.807) is 6.26 Å². The summed E-state index contributed by atoms with van der Waals surface area (Å²) in [6, 6.07) is 56.4. The molecule has 0 atom stereocenters. The average molecular weight is 627 g/mol. The largest absolute Gasteiger partial charge is 0.464 e. The standard InChI is InChI=1S/C44H27BN2O2/c1-2-12-28(13-3-1)41-37(25-24-29-26-27-48-43(29)41)46-36-20-8-6-18-34(36)45-42-32(16-10-21-38(42)46)30-14-4-7-19-35(30)47(45)39-22-11-17-33-31-15-5-9-23-40(31)49-44(33)39/h1-27H. The Hall–Kier alpha value is -6.46. The van der Waals surface area contributed by atoms with Crippen LogP contribution in [0.25, 0.3) is 55.2 Å². The highest BCUT2D eigenvalue weighted by atomic mass is 16.3. The Morgan fingerprint density at radius 2 is 1.18 bits per heavy atom. The number of benzene rings is 7. The van der Waals surface area contributed by atoms with Crippen molar-refractivity contribution in [3.63, 3.8) is 0 Å². The second kappa shape index (κ2) is 10.0. The summed E-state index contributed by atoms with van der Waals surface area (Å²) in [6.07, 6.45) is 1.79. The fraction of sp³-hybridized carbons (Fsp3) is 0. The van der Waals surface area contributed by atoms with Gasteiger partial charge in [-0.2, -0.15) is 0 Å². The first-order chi connectivity index (χ1) is 24.3. The zero-order valence-corrected chi connectivity index (χ0v) is 26.4. The molecule has 4 nitrogen and oxygen atoms in total. The van der Waals surface area contributed by atoms with Crippen LogP contribution in [0.2, 0.25) is 0 Å². The van der Waals surface area contributed by atoms with Crippen molar-refractivity contribution in [1.82, 2.24) is 0 Å². The van der Waals surface area contributed by atoms with Crippen molar-refractivity contribution in [1.29, 1.82) is 0 Å². The Labute approximate surface area is 283 Å². The molecule has 0 saturated carbocycles. The molecule has 5 heteroatoms. The molecule has 0 saturated heterocycles. The molecule has 49 heavy (non-hydrogen) atoms. The van der Waals surface area contributed by atoms with Gasteiger partial charge in [-0.25, -0.2) is 0 Å². The van der Waals surface area contributed by atoms with E-state index in [0.29, 0.717) is 0 Å². The Balaban J connectivity index is 1.24. The SMILES string of the molecule is c1ccc(-c2c(N3c4ccccc4B4c5c(cccc53)-c3ccccc3N4c3cccc4c3oc3ccccc34)ccc3ccoc23)cc1. The maximum absolute atomic E-state index is 6.69. The Bertz CT molecular complexity index is 2760. The maximum Gasteiger partial charge on any atom is 0.333 e. The first-order valence-corrected chi connectivity index (χ1v) is 16.7. The van der Waals surface area contributed by atoms with Gasteiger partial charge in [-0.15, -0.1) is 0 Å². The van der Waals surface area contributed by atoms with E-state index in [0.717, 1.165) is 72.5 Å². The fourth-order valence-corrected chi connectivity index (χ4v) is 8.34. The molecule has 0 aliphatic carbocycles. The minimum atomic E-state index is -0.0973. The number of anilines is 5. The van der Waals surface area contributed by atoms with Gasteiger partial charge in [0.2, 0.25) is 0 Å². The number of para-hydroxylation sites is 4. The van der Waals surface area contributed by atoms with Gasteiger partial charge in [0.05, 0.1) is 17.6 Å². The second-order valence-corrected chi connectivity index (χ2v) is 12.8. The summed E-state index contributed by atoms with van der Waals surface area (Å²) in [6.45, 7) is -0.0973. The molecule has 7 aromatic carbocycles. The molecule has 0 bridgehead atoms. The molecule has 0 spiro atoms. The molecule has 4 heterocycles. The molecular weight excluding hydrogens is 599 g/mol. The molecule has 0 radical (unpaired) electrons. The highest BCUT2D eigenvalue weighted by Crippen LogP contribution is 2.50. The lowest BCUT2D eigenvalue weighted by Gasteiger charge is -2.45. The minimum Gasteiger partial charge on any atom is -0.464 e. The van der Waals surface area contributed by atoms with Gasteiger partial charge < -0.3 is 18.5 Å². The molecule has 0 N–H and O–H groups in total. The van der Waals surface area contributed by atoms with E-state index in [2.05, 4.69) is 155 Å². The van der Waals surface area contributed by atoms with E-state index < -0.39 is 0 Å². The van der Waals surface area contributed by atoms with Gasteiger partial charge in [-0.3, -0.25) is 0 Å². The molecule has 11 rings (SSSR count). The molecule has 0 fully saturated rings. The van der Waals surface area contributed by atoms with Crippen LogP contribution in [-0.4, -0.2) is 6.85 Å². The van der Waals surface area contributed by atoms with Crippen LogP contribution in [0.4, 0.5) is 28.4 Å². The van der Waals surface area contributed by atoms with Crippen molar-refractivity contribution in [2.24, 2.45) is 0 Å². The number of nitrogens with zero attached hydrogens (tertiary/aromatic N) is 2. The molecule has 2 aliphatic rings. The van der Waals surface area contributed by atoms with E-state index >= 15 is 0 Å². The minimum absolute atomic E-state index is 0.0973. The van der Waals surface area contributed by atoms with E-state index in [-0.39, 0.29) is 6.85 Å². The van der Waals surface area contributed by atoms with Crippen molar-refractivity contribution >= 4 is 79.1 Å². The normalized spacial score (nSPS) is 13.2. The lowest BCUT2D eigenvalue weighted by atomic mass is 9.43. The third-order valence-corrected chi connectivity index (χ3v) is 10.3. The molecule has 228 valence electrons. The number of hydrogen-bond donors (Lipinski definition) is 0. The highest BCUT2D eigenvalue weighted by molar-refractivity contribution is 6.93. The van der Waals surface area contributed by atoms with E-state index in [1.807, 2.05) is 12.1 Å². The maximum atomic E-state index is 6.69. The van der Waals surface area contributed by atoms with Crippen molar-refractivity contribution in [3.05, 3.63) is 164 Å². The topological polar surface area (TPSA) is 32.8 Å². The summed E-state index contributed by atoms with van der Waals surface area (Å²) in [7, 11) is 0. The van der Waals surface area contributed by atoms with Crippen molar-refractivity contribution in [3.8, 4) is 22.3 Å². The second-order valence-electron chi connectivity index (χ2n) is 12.8. The summed E-state index contributed by atoms with van der Waals surface area (Å²) in [5, 5.41) is 3.33. The van der Waals surface area contributed by atoms with Crippen LogP contribution in [0.1, 0.15) is 0 Å². The number of hydrogen-bond acceptors (Lipinski definition) is 4. The monoisotopic (exact) mass is 626 g/mol. The third kappa shape index (κ3) is 3.64. The number of rotatable bonds is 3. The van der Waals surface area contributed by atoms with Crippen LogP contribution in [0.15, 0.2) is 173 Å². The van der Waals surface area contributed by atoms with Crippen LogP contribution in [0, 0.1) is 0 Å². The van der Waals surface area contributed by atoms with Crippen molar-refractivity contribution in [2.75, 3.05) is 9.71 Å². The quantitative estimate of drug-likeness (QED) is 0.183. The summed E-state index contributed by atoms with van der Waals surface area (Å²) in [5.41, 5.74) is 15.4. The van der Waals surface area contributed by atoms with Crippen molar-refractivity contribution < 1.29 is 8.83 Å². The van der Waals surface area contributed by atoms with Crippen LogP contribution < -0.4 is 20.6 Å². The van der Waals surface area contributed by atoms with Gasteiger partial charge >= 0.3 is 6.85 Å². The molecule has 2 aliphatic heterocycles. The summed E-state index contributed by atoms with van der Waals surface area (Å²) < 4.78 is 12.9. The van der Waals surface area contributed by atoms with E-state index in [9.17, 15) is 0 Å². The first-order valence-electron chi connectivity index (χ1n) is 16.7. The lowest BCUT2D eigenvalue weighted by molar-refractivity contribution is 0.617. The Morgan fingerprint density at radius 1 is 0.469 bits per heavy atom. The van der Waals surface area contributed by atoms with E-state index in [1.165, 1.54) is 22.1 Å². The van der Waals surface area contributed by atoms with Crippen LogP contribution in [-0.2, 0) is 0 Å². The molecule has 2 aromatic heterocycles. The number of fused-ring (bicyclic) bond motifs is 8. The third-order valence-electron chi connectivity index (χ3n) is 10.3. The van der Waals surface area contributed by atoms with Gasteiger partial charge in [0, 0.05) is 44.3 Å². The zero-order chi connectivity index (χ0) is 32.1. The zero-order valence-electron chi connectivity index (χ0n) is 26.4. The van der Waals surface area contributed by atoms with Crippen molar-refractivity contribution in [2.45, 2.75) is 0 Å². The summed E-state index contributed by atoms with van der Waals surface area (Å²) >= 11 is 0. The Kier molecular flexibility index (Phi) is 5.44. The van der Waals surface area contributed by atoms with Gasteiger partial charge in [-0.05, 0) is 70.6 Å². The van der Waals surface area contributed by atoms with E-state index in [4.69, 9.17) is 8.83 Å². The predicted octanol–water partition coefficient (Wildman–Crippen LogP) is 10.7. The molecule has 0 unspecified atom stereocenters. The fourth-order valence-electron chi connectivity index (χ4n) is 8.34. The Morgan fingerprint density at radius 3 is 2.12 bits per heavy atom. The highest BCUT2D eigenvalue weighted by Gasteiger charge is 2.45. The van der Waals surface area contributed by atoms with Gasteiger partial charge in [0.1, 0.15) is 11.2 Å². The molecular formula is C44H27BN2O2. The molecule has 9 aromatic rings. The first kappa shape index (κ1) is 26.6. The van der Waals surface area contributed by atoms with Gasteiger partial charge in [0.15, 0.2) is 5.58 Å². The smallest absolute Gasteiger partial charge is 0.333 e. The predicted molar refractivity (Wildman–Crippen MR) is 203 cm³/mol. The average Bonchev–Trinajstić information content (AvgIpc) is 3.80. The van der Waals surface area contributed by atoms with Crippen LogP contribution in [0.5, 0.6) is 0 Å². The lowest BCUT2D eigenvalue weighted by Crippen LogP contribution is -2.61.